The van der Waals surface area contributed by atoms with Gasteiger partial charge < -0.3 is 53.6 Å². The number of nitrogens with zero attached hydrogens (tertiary/aromatic N) is 5. The second-order valence-electron chi connectivity index (χ2n) is 15.9. The van der Waals surface area contributed by atoms with Crippen LogP contribution in [0, 0.1) is 5.92 Å². The highest BCUT2D eigenvalue weighted by molar-refractivity contribution is 6.12. The van der Waals surface area contributed by atoms with Crippen molar-refractivity contribution >= 4 is 87.4 Å². The number of benzene rings is 2. The fraction of sp³-hybridized carbons (Fsp3) is 0.364. The van der Waals surface area contributed by atoms with Gasteiger partial charge in [-0.1, -0.05) is 20.3 Å². The molecule has 2 aromatic carbocycles. The third-order valence-electron chi connectivity index (χ3n) is 10.4. The lowest BCUT2D eigenvalue weighted by atomic mass is 10.0. The van der Waals surface area contributed by atoms with Crippen molar-refractivity contribution in [2.24, 2.45) is 5.92 Å². The molecule has 23 nitrogen and oxygen atoms in total. The molecule has 0 saturated carbocycles. The van der Waals surface area contributed by atoms with Crippen molar-refractivity contribution in [3.8, 4) is 0 Å². The summed E-state index contributed by atoms with van der Waals surface area (Å²) >= 11 is 0. The van der Waals surface area contributed by atoms with Gasteiger partial charge in [-0.05, 0) is 81.0 Å². The van der Waals surface area contributed by atoms with E-state index in [-0.39, 0.29) is 96.8 Å². The van der Waals surface area contributed by atoms with E-state index < -0.39 is 47.8 Å². The van der Waals surface area contributed by atoms with Gasteiger partial charge in [-0.25, -0.2) is 19.6 Å². The van der Waals surface area contributed by atoms with E-state index >= 15 is 0 Å². The van der Waals surface area contributed by atoms with Gasteiger partial charge in [0.1, 0.15) is 18.1 Å². The number of carbonyl (C=O) groups is 8. The number of anilines is 5. The summed E-state index contributed by atoms with van der Waals surface area (Å²) in [5, 5.41) is 36.3. The molecule has 1 aliphatic heterocycles. The zero-order valence-corrected chi connectivity index (χ0v) is 37.0. The largest absolute Gasteiger partial charge is 0.480 e. The number of hydrogen-bond donors (Lipinski definition) is 10. The Morgan fingerprint density at radius 3 is 2.15 bits per heavy atom. The molecular formula is C44H53N13O10. The molecule has 67 heavy (non-hydrogen) atoms. The zero-order valence-electron chi connectivity index (χ0n) is 37.0. The summed E-state index contributed by atoms with van der Waals surface area (Å²) in [5.41, 5.74) is 13.5. The second kappa shape index (κ2) is 23.1. The van der Waals surface area contributed by atoms with E-state index in [9.17, 15) is 48.6 Å². The molecule has 3 unspecified atom stereocenters. The number of imide groups is 1. The molecule has 0 aliphatic carbocycles. The number of aliphatic carboxylic acids is 1. The molecule has 12 N–H and O–H groups in total. The van der Waals surface area contributed by atoms with Gasteiger partial charge in [-0.2, -0.15) is 9.97 Å². The first-order valence-electron chi connectivity index (χ1n) is 21.4. The number of fused-ring (bicyclic) bond motifs is 1. The quantitative estimate of drug-likeness (QED) is 0.0355. The predicted molar refractivity (Wildman–Crippen MR) is 245 cm³/mol. The topological polar surface area (TPSA) is 356 Å². The van der Waals surface area contributed by atoms with E-state index in [0.29, 0.717) is 41.8 Å². The number of unbranched alkanes of at least 4 members (excludes halogenated alkanes) is 2. The molecule has 0 fully saturated rings. The normalized spacial score (nSPS) is 13.5. The molecule has 1 aliphatic rings. The Balaban J connectivity index is 1.04. The molecule has 6 amide bonds. The van der Waals surface area contributed by atoms with E-state index in [4.69, 9.17) is 11.5 Å². The second-order valence-corrected chi connectivity index (χ2v) is 15.9. The average Bonchev–Trinajstić information content (AvgIpc) is 3.61. The van der Waals surface area contributed by atoms with Crippen LogP contribution in [0.15, 0.2) is 60.8 Å². The minimum absolute atomic E-state index is 0.0138. The summed E-state index contributed by atoms with van der Waals surface area (Å²) in [6, 6.07) is 7.21. The van der Waals surface area contributed by atoms with Crippen LogP contribution < -0.4 is 43.4 Å². The third-order valence-corrected chi connectivity index (χ3v) is 10.4. The first-order chi connectivity index (χ1) is 31.9. The van der Waals surface area contributed by atoms with Crippen molar-refractivity contribution in [3.63, 3.8) is 0 Å². The van der Waals surface area contributed by atoms with Gasteiger partial charge in [0.05, 0.1) is 29.7 Å². The Kier molecular flexibility index (Phi) is 17.2. The number of carboxylic acids is 2. The number of amides is 6. The molecule has 3 atom stereocenters. The van der Waals surface area contributed by atoms with Gasteiger partial charge in [0.15, 0.2) is 17.0 Å². The van der Waals surface area contributed by atoms with Crippen LogP contribution in [-0.2, 0) is 35.3 Å². The molecule has 0 saturated heterocycles. The van der Waals surface area contributed by atoms with Crippen LogP contribution in [0.2, 0.25) is 0 Å². The number of nitrogens with one attached hydrogen (secondary N) is 6. The fourth-order valence-corrected chi connectivity index (χ4v) is 6.75. The lowest BCUT2D eigenvalue weighted by Crippen LogP contribution is -2.53. The molecule has 23 heteroatoms. The number of nitrogen functional groups attached to an aromatic ring is 2. The number of hydrogen-bond acceptors (Lipinski definition) is 16. The zero-order chi connectivity index (χ0) is 48.8. The SMILES string of the molecule is CC(NC(=O)C(NC(=O)CCCCCN1C(=O)C=CC1=O)C(C)C)C(=O)Nc1ccc(NCCCC(NC(=O)c2ccc(NCc3cnc4nc(N)nc(N)c4n3)cc2)C(=O)O)cc1C(=O)O. The van der Waals surface area contributed by atoms with E-state index in [1.807, 2.05) is 0 Å². The summed E-state index contributed by atoms with van der Waals surface area (Å²) < 4.78 is 0. The molecule has 354 valence electrons. The van der Waals surface area contributed by atoms with E-state index in [1.165, 1.54) is 55.6 Å². The predicted octanol–water partition coefficient (Wildman–Crippen LogP) is 2.04. The minimum Gasteiger partial charge on any atom is -0.480 e. The van der Waals surface area contributed by atoms with Gasteiger partial charge in [-0.3, -0.25) is 33.7 Å². The maximum absolute atomic E-state index is 13.2. The molecule has 0 bridgehead atoms. The van der Waals surface area contributed by atoms with E-state index in [2.05, 4.69) is 51.8 Å². The Labute approximate surface area is 384 Å². The summed E-state index contributed by atoms with van der Waals surface area (Å²) in [6.07, 6.45) is 5.89. The van der Waals surface area contributed by atoms with Crippen molar-refractivity contribution in [1.82, 2.24) is 40.8 Å². The Bertz CT molecular complexity index is 2530. The highest BCUT2D eigenvalue weighted by Crippen LogP contribution is 2.22. The smallest absolute Gasteiger partial charge is 0.337 e. The molecule has 0 spiro atoms. The van der Waals surface area contributed by atoms with Crippen LogP contribution in [0.1, 0.15) is 85.7 Å². The average molecular weight is 924 g/mol. The summed E-state index contributed by atoms with van der Waals surface area (Å²) in [4.78, 5) is 117. The van der Waals surface area contributed by atoms with Crippen molar-refractivity contribution < 1.29 is 48.6 Å². The van der Waals surface area contributed by atoms with Crippen LogP contribution in [0.5, 0.6) is 0 Å². The van der Waals surface area contributed by atoms with Gasteiger partial charge >= 0.3 is 11.9 Å². The van der Waals surface area contributed by atoms with Gasteiger partial charge in [0, 0.05) is 48.6 Å². The minimum atomic E-state index is -1.35. The van der Waals surface area contributed by atoms with Gasteiger partial charge in [-0.15, -0.1) is 0 Å². The standard InChI is InChI=1S/C44H53N13O10/c1-23(2)35(54-32(58)9-5-4-6-19-57-33(59)16-17-34(57)60)41(63)50-24(3)39(61)52-30-15-14-27(20-29(30)42(64)65)47-18-7-8-31(43(66)67)53-40(62)25-10-12-26(13-11-25)48-21-28-22-49-38-36(51-28)37(45)55-44(46)56-38/h10-17,20,22-24,31,35,47-48H,4-9,18-19,21H2,1-3H3,(H,50,63)(H,52,61)(H,53,62)(H,54,58)(H,64,65)(H,66,67)(H4,45,46,49,55,56). The molecular weight excluding hydrogens is 871 g/mol. The fourth-order valence-electron chi connectivity index (χ4n) is 6.75. The van der Waals surface area contributed by atoms with Crippen molar-refractivity contribution in [1.29, 1.82) is 0 Å². The van der Waals surface area contributed by atoms with Crippen molar-refractivity contribution in [2.45, 2.75) is 84.0 Å². The monoisotopic (exact) mass is 923 g/mol. The molecule has 5 rings (SSSR count). The van der Waals surface area contributed by atoms with E-state index in [1.54, 1.807) is 26.0 Å². The highest BCUT2D eigenvalue weighted by Gasteiger charge is 2.28. The lowest BCUT2D eigenvalue weighted by molar-refractivity contribution is -0.139. The first kappa shape index (κ1) is 49.8. The Morgan fingerprint density at radius 1 is 0.776 bits per heavy atom. The maximum atomic E-state index is 13.2. The third kappa shape index (κ3) is 14.1. The van der Waals surface area contributed by atoms with Gasteiger partial charge in [0.2, 0.25) is 23.7 Å². The van der Waals surface area contributed by atoms with Crippen LogP contribution in [-0.4, -0.2) is 114 Å². The molecule has 4 aromatic rings. The lowest BCUT2D eigenvalue weighted by Gasteiger charge is -2.24. The van der Waals surface area contributed by atoms with Crippen molar-refractivity contribution in [2.75, 3.05) is 40.5 Å². The number of aromatic carboxylic acids is 1. The molecule has 2 aromatic heterocycles. The molecule has 3 heterocycles. The molecule has 0 radical (unpaired) electrons. The summed E-state index contributed by atoms with van der Waals surface area (Å²) in [7, 11) is 0. The first-order valence-corrected chi connectivity index (χ1v) is 21.4. The highest BCUT2D eigenvalue weighted by atomic mass is 16.4. The van der Waals surface area contributed by atoms with Crippen LogP contribution in [0.4, 0.5) is 28.8 Å². The number of aromatic nitrogens is 4. The number of carbonyl (C=O) groups excluding carboxylic acids is 6. The van der Waals surface area contributed by atoms with Crippen LogP contribution in [0.25, 0.3) is 11.2 Å². The number of nitrogens with two attached hydrogens (primary N) is 2. The van der Waals surface area contributed by atoms with Crippen molar-refractivity contribution in [3.05, 3.63) is 77.6 Å². The number of carboxylic acid groups (broad SMARTS) is 2. The summed E-state index contributed by atoms with van der Waals surface area (Å²) in [6.45, 7) is 5.57. The van der Waals surface area contributed by atoms with Crippen LogP contribution in [0.3, 0.4) is 0 Å². The van der Waals surface area contributed by atoms with E-state index in [0.717, 1.165) is 4.90 Å². The van der Waals surface area contributed by atoms with Gasteiger partial charge in [0.25, 0.3) is 17.7 Å². The van der Waals surface area contributed by atoms with Crippen LogP contribution >= 0.6 is 0 Å². The Morgan fingerprint density at radius 2 is 1.48 bits per heavy atom. The Hall–Kier alpha value is -8.24. The maximum Gasteiger partial charge on any atom is 0.337 e. The summed E-state index contributed by atoms with van der Waals surface area (Å²) in [5.74, 6) is -5.90. The number of rotatable bonds is 24.